The number of piperidine rings is 1. The summed E-state index contributed by atoms with van der Waals surface area (Å²) in [4.78, 5) is 65.0. The monoisotopic (exact) mass is 537 g/mol. The number of likely N-dealkylation sites (tertiary alicyclic amines) is 1. The Labute approximate surface area is 215 Å². The van der Waals surface area contributed by atoms with Gasteiger partial charge in [0, 0.05) is 50.2 Å². The van der Waals surface area contributed by atoms with Crippen molar-refractivity contribution in [3.8, 4) is 0 Å². The fourth-order valence-electron chi connectivity index (χ4n) is 5.40. The number of unbranched alkanes of at least 4 members (excludes halogenated alkanes) is 1. The van der Waals surface area contributed by atoms with E-state index in [1.807, 2.05) is 0 Å². The standard InChI is InChI=1S/C24H26F3N5O6/c25-24(26,27)22(37)38-16-8-15(18(33)30-19(16)34)32-20(35)13-4-3-5-14(17(13)21(32)36)29-6-1-2-7-31-11-23(12-31)9-28-10-23/h3-5,15-16,28-29H,1-2,6-12H2,(H,30,33,34). The van der Waals surface area contributed by atoms with Gasteiger partial charge in [-0.15, -0.1) is 0 Å². The minimum absolute atomic E-state index is 0.0218. The highest BCUT2D eigenvalue weighted by Crippen LogP contribution is 2.35. The molecular weight excluding hydrogens is 511 g/mol. The molecule has 1 spiro atoms. The van der Waals surface area contributed by atoms with E-state index in [-0.39, 0.29) is 11.1 Å². The topological polar surface area (TPSA) is 137 Å². The summed E-state index contributed by atoms with van der Waals surface area (Å²) in [6.45, 7) is 5.85. The molecule has 4 aliphatic heterocycles. The van der Waals surface area contributed by atoms with Crippen LogP contribution in [-0.2, 0) is 19.1 Å². The number of rotatable bonds is 8. The van der Waals surface area contributed by atoms with Crippen LogP contribution < -0.4 is 16.0 Å². The smallest absolute Gasteiger partial charge is 0.445 e. The van der Waals surface area contributed by atoms with Crippen LogP contribution in [0.3, 0.4) is 0 Å². The molecule has 204 valence electrons. The maximum atomic E-state index is 13.3. The summed E-state index contributed by atoms with van der Waals surface area (Å²) in [6.07, 6.45) is -6.39. The number of imide groups is 2. The van der Waals surface area contributed by atoms with Crippen molar-refractivity contribution in [1.29, 1.82) is 0 Å². The first-order chi connectivity index (χ1) is 18.0. The van der Waals surface area contributed by atoms with Gasteiger partial charge in [0.25, 0.3) is 17.7 Å². The third-order valence-corrected chi connectivity index (χ3v) is 7.35. The van der Waals surface area contributed by atoms with Crippen LogP contribution in [0.15, 0.2) is 18.2 Å². The Morgan fingerprint density at radius 1 is 1.08 bits per heavy atom. The number of nitrogens with zero attached hydrogens (tertiary/aromatic N) is 2. The van der Waals surface area contributed by atoms with Gasteiger partial charge >= 0.3 is 12.1 Å². The van der Waals surface area contributed by atoms with Gasteiger partial charge < -0.3 is 20.3 Å². The zero-order chi connectivity index (χ0) is 27.2. The summed E-state index contributed by atoms with van der Waals surface area (Å²) in [7, 11) is 0. The molecular formula is C24H26F3N5O6. The first-order valence-electron chi connectivity index (χ1n) is 12.3. The highest BCUT2D eigenvalue weighted by molar-refractivity contribution is 6.25. The van der Waals surface area contributed by atoms with Crippen molar-refractivity contribution >= 4 is 35.3 Å². The van der Waals surface area contributed by atoms with Gasteiger partial charge in [-0.1, -0.05) is 6.07 Å². The van der Waals surface area contributed by atoms with Crippen LogP contribution in [0.5, 0.6) is 0 Å². The van der Waals surface area contributed by atoms with Gasteiger partial charge in [0.1, 0.15) is 6.04 Å². The number of esters is 1. The number of ether oxygens (including phenoxy) is 1. The van der Waals surface area contributed by atoms with Gasteiger partial charge in [0.05, 0.1) is 11.1 Å². The summed E-state index contributed by atoms with van der Waals surface area (Å²) in [5.41, 5.74) is 0.908. The summed E-state index contributed by atoms with van der Waals surface area (Å²) in [5.74, 6) is -6.60. The molecule has 1 aromatic carbocycles. The molecule has 5 rings (SSSR count). The van der Waals surface area contributed by atoms with Crippen LogP contribution in [0.1, 0.15) is 40.0 Å². The minimum atomic E-state index is -5.36. The van der Waals surface area contributed by atoms with Gasteiger partial charge in [-0.05, 0) is 31.5 Å². The molecule has 38 heavy (non-hydrogen) atoms. The van der Waals surface area contributed by atoms with Crippen molar-refractivity contribution in [1.82, 2.24) is 20.4 Å². The van der Waals surface area contributed by atoms with Crippen molar-refractivity contribution in [2.45, 2.75) is 37.6 Å². The Bertz CT molecular complexity index is 1190. The lowest BCUT2D eigenvalue weighted by Gasteiger charge is -2.56. The average Bonchev–Trinajstić information content (AvgIpc) is 3.05. The number of amides is 4. The third kappa shape index (κ3) is 4.73. The van der Waals surface area contributed by atoms with E-state index in [0.717, 1.165) is 45.6 Å². The molecule has 0 bridgehead atoms. The lowest BCUT2D eigenvalue weighted by Crippen LogP contribution is -2.70. The fourth-order valence-corrected chi connectivity index (χ4v) is 5.40. The molecule has 0 radical (unpaired) electrons. The Morgan fingerprint density at radius 2 is 1.82 bits per heavy atom. The Morgan fingerprint density at radius 3 is 2.47 bits per heavy atom. The first kappa shape index (κ1) is 26.1. The summed E-state index contributed by atoms with van der Waals surface area (Å²) in [5, 5.41) is 8.24. The van der Waals surface area contributed by atoms with Crippen molar-refractivity contribution in [3.05, 3.63) is 29.3 Å². The molecule has 4 amide bonds. The zero-order valence-corrected chi connectivity index (χ0v) is 20.2. The van der Waals surface area contributed by atoms with E-state index in [1.165, 1.54) is 6.07 Å². The van der Waals surface area contributed by atoms with E-state index in [0.29, 0.717) is 22.5 Å². The molecule has 4 heterocycles. The van der Waals surface area contributed by atoms with E-state index < -0.39 is 54.3 Å². The molecule has 2 atom stereocenters. The molecule has 3 N–H and O–H groups in total. The lowest BCUT2D eigenvalue weighted by molar-refractivity contribution is -0.206. The highest BCUT2D eigenvalue weighted by Gasteiger charge is 2.51. The normalized spacial score (nSPS) is 24.6. The van der Waals surface area contributed by atoms with E-state index in [2.05, 4.69) is 20.3 Å². The van der Waals surface area contributed by atoms with Crippen LogP contribution in [0.25, 0.3) is 0 Å². The number of anilines is 1. The van der Waals surface area contributed by atoms with Crippen molar-refractivity contribution in [3.63, 3.8) is 0 Å². The molecule has 3 fully saturated rings. The second-order valence-electron chi connectivity index (χ2n) is 10.2. The summed E-state index contributed by atoms with van der Waals surface area (Å²) >= 11 is 0. The van der Waals surface area contributed by atoms with Crippen molar-refractivity contribution in [2.75, 3.05) is 44.6 Å². The predicted octanol–water partition coefficient (Wildman–Crippen LogP) is 0.269. The molecule has 1 aromatic rings. The number of benzene rings is 1. The molecule has 0 saturated carbocycles. The fraction of sp³-hybridized carbons (Fsp3) is 0.542. The lowest BCUT2D eigenvalue weighted by atomic mass is 9.74. The second-order valence-corrected chi connectivity index (χ2v) is 10.2. The van der Waals surface area contributed by atoms with Gasteiger partial charge in [0.15, 0.2) is 6.10 Å². The predicted molar refractivity (Wildman–Crippen MR) is 124 cm³/mol. The zero-order valence-electron chi connectivity index (χ0n) is 20.2. The van der Waals surface area contributed by atoms with Gasteiger partial charge in [-0.25, -0.2) is 4.79 Å². The molecule has 3 saturated heterocycles. The van der Waals surface area contributed by atoms with Gasteiger partial charge in [-0.2, -0.15) is 13.2 Å². The van der Waals surface area contributed by atoms with E-state index in [1.54, 1.807) is 17.4 Å². The quantitative estimate of drug-likeness (QED) is 0.242. The summed E-state index contributed by atoms with van der Waals surface area (Å²) < 4.78 is 42.0. The SMILES string of the molecule is O=C1NC(=O)C(N2C(=O)c3cccc(NCCCCN4CC5(CNC5)C4)c3C2=O)CC1OC(=O)C(F)(F)F. The van der Waals surface area contributed by atoms with Gasteiger partial charge in [-0.3, -0.25) is 29.4 Å². The summed E-state index contributed by atoms with van der Waals surface area (Å²) in [6, 6.07) is 2.96. The molecule has 11 nitrogen and oxygen atoms in total. The second kappa shape index (κ2) is 9.66. The number of halogens is 3. The molecule has 14 heteroatoms. The Balaban J connectivity index is 1.20. The van der Waals surface area contributed by atoms with E-state index in [4.69, 9.17) is 0 Å². The maximum absolute atomic E-state index is 13.3. The van der Waals surface area contributed by atoms with Crippen LogP contribution in [0, 0.1) is 5.41 Å². The first-order valence-corrected chi connectivity index (χ1v) is 12.3. The number of alkyl halides is 3. The molecule has 0 aromatic heterocycles. The largest absolute Gasteiger partial charge is 0.490 e. The maximum Gasteiger partial charge on any atom is 0.490 e. The number of carbonyl (C=O) groups is 5. The number of hydrogen-bond acceptors (Lipinski definition) is 9. The number of nitrogens with one attached hydrogen (secondary N) is 3. The highest BCUT2D eigenvalue weighted by atomic mass is 19.4. The minimum Gasteiger partial charge on any atom is -0.445 e. The van der Waals surface area contributed by atoms with Crippen molar-refractivity contribution < 1.29 is 41.9 Å². The molecule has 2 unspecified atom stereocenters. The Hall–Kier alpha value is -3.52. The molecule has 0 aliphatic carbocycles. The van der Waals surface area contributed by atoms with Gasteiger partial charge in [0.2, 0.25) is 5.91 Å². The third-order valence-electron chi connectivity index (χ3n) is 7.35. The van der Waals surface area contributed by atoms with Crippen LogP contribution in [0.4, 0.5) is 18.9 Å². The Kier molecular flexibility index (Phi) is 6.63. The number of carbonyl (C=O) groups excluding carboxylic acids is 5. The molecule has 4 aliphatic rings. The number of hydrogen-bond donors (Lipinski definition) is 3. The van der Waals surface area contributed by atoms with E-state index >= 15 is 0 Å². The van der Waals surface area contributed by atoms with E-state index in [9.17, 15) is 37.1 Å². The van der Waals surface area contributed by atoms with Crippen LogP contribution >= 0.6 is 0 Å². The van der Waals surface area contributed by atoms with Crippen molar-refractivity contribution in [2.24, 2.45) is 5.41 Å². The van der Waals surface area contributed by atoms with Crippen LogP contribution in [0.2, 0.25) is 0 Å². The average molecular weight is 537 g/mol. The number of fused-ring (bicyclic) bond motifs is 1. The van der Waals surface area contributed by atoms with Crippen LogP contribution in [-0.4, -0.2) is 97.0 Å².